The average Bonchev–Trinajstić information content (AvgIpc) is 3.35. The molecule has 4 aliphatic heterocycles. The van der Waals surface area contributed by atoms with E-state index in [1.807, 2.05) is 31.2 Å². The molecule has 21 heteroatoms. The third-order valence-electron chi connectivity index (χ3n) is 14.4. The summed E-state index contributed by atoms with van der Waals surface area (Å²) in [5.74, 6) is -6.17. The highest BCUT2D eigenvalue weighted by Crippen LogP contribution is 2.39. The molecule has 4 heterocycles. The number of allylic oxidation sites excluding steroid dienone is 12. The Morgan fingerprint density at radius 1 is 0.658 bits per heavy atom. The highest BCUT2D eigenvalue weighted by Gasteiger charge is 2.52. The quantitative estimate of drug-likeness (QED) is 0.156. The van der Waals surface area contributed by atoms with Crippen molar-refractivity contribution < 1.29 is 89.5 Å². The number of hydrogen-bond acceptors (Lipinski definition) is 19. The van der Waals surface area contributed by atoms with Crippen molar-refractivity contribution in [1.29, 1.82) is 0 Å². The van der Waals surface area contributed by atoms with E-state index in [1.54, 1.807) is 81.7 Å². The summed E-state index contributed by atoms with van der Waals surface area (Å²) in [7, 11) is 1.56. The Kier molecular flexibility index (Phi) is 27.3. The van der Waals surface area contributed by atoms with E-state index in [0.29, 0.717) is 0 Å². The standard InChI is InChI=1S/C55H87N3O18/c1-33-18-16-14-12-10-8-6-7-9-11-13-15-17-19-41(75-54-52(70)49(51(69)36(4)74-54)57-46(66)32-56-5)29-45-48(53(71)58-24-22-37(59)23-25-58)44(65)31-55(72,76-45)30-40(62)27-43(64)42(63)21-20-38(60)26-39(61)28-47(67)73-35(3)34(2)50(33)68/h6-19,33-45,48-52,54,56,59-65,68-70,72H,20-32H2,1-5H3,(H,57,66)/b7-6+,10-8+,11-9+,14-12+,15-13+,18-16+,19-17+/t33-,34-,35-,36-,38+,39+,40-,41-,42+,43+,44-,45-,48+,49-,50+,51+,52-,54+,55+/m0/s1. The molecule has 0 saturated carbocycles. The van der Waals surface area contributed by atoms with Crippen molar-refractivity contribution in [1.82, 2.24) is 15.5 Å². The number of likely N-dealkylation sites (tertiary alicyclic amines) is 1. The molecule has 21 nitrogen and oxygen atoms in total. The molecule has 0 aromatic carbocycles. The summed E-state index contributed by atoms with van der Waals surface area (Å²) in [6.45, 7) is 6.99. The van der Waals surface area contributed by atoms with E-state index < -0.39 is 159 Å². The van der Waals surface area contributed by atoms with Gasteiger partial charge in [0.2, 0.25) is 11.8 Å². The molecular weight excluding hydrogens is 991 g/mol. The maximum absolute atomic E-state index is 14.3. The second-order valence-electron chi connectivity index (χ2n) is 20.8. The molecule has 430 valence electrons. The summed E-state index contributed by atoms with van der Waals surface area (Å²) in [6, 6.07) is -1.23. The number of aliphatic hydroxyl groups excluding tert-OH is 10. The first-order chi connectivity index (χ1) is 36.0. The number of carbonyl (C=O) groups is 3. The molecule has 0 aromatic heterocycles. The number of carbonyl (C=O) groups excluding carboxylic acids is 3. The van der Waals surface area contributed by atoms with Gasteiger partial charge in [-0.15, -0.1) is 0 Å². The van der Waals surface area contributed by atoms with Gasteiger partial charge in [-0.05, 0) is 53.0 Å². The van der Waals surface area contributed by atoms with Gasteiger partial charge in [-0.25, -0.2) is 0 Å². The summed E-state index contributed by atoms with van der Waals surface area (Å²) < 4.78 is 24.1. The Hall–Kier alpha value is -4.01. The largest absolute Gasteiger partial charge is 0.462 e. The molecule has 0 radical (unpaired) electrons. The van der Waals surface area contributed by atoms with Gasteiger partial charge < -0.3 is 90.7 Å². The third kappa shape index (κ3) is 21.0. The number of hydrogen-bond donors (Lipinski definition) is 13. The van der Waals surface area contributed by atoms with Gasteiger partial charge >= 0.3 is 5.97 Å². The summed E-state index contributed by atoms with van der Waals surface area (Å²) in [4.78, 5) is 41.2. The molecule has 0 unspecified atom stereocenters. The van der Waals surface area contributed by atoms with Crippen LogP contribution >= 0.6 is 0 Å². The molecule has 4 aliphatic rings. The topological polar surface area (TPSA) is 338 Å². The Balaban J connectivity index is 1.65. The van der Waals surface area contributed by atoms with Crippen LogP contribution in [0.1, 0.15) is 91.9 Å². The van der Waals surface area contributed by atoms with Crippen LogP contribution in [-0.2, 0) is 33.3 Å². The lowest BCUT2D eigenvalue weighted by Crippen LogP contribution is -2.64. The molecule has 3 saturated heterocycles. The first kappa shape index (κ1) is 64.5. The van der Waals surface area contributed by atoms with Crippen LogP contribution in [0.2, 0.25) is 0 Å². The number of esters is 1. The van der Waals surface area contributed by atoms with Gasteiger partial charge in [0.25, 0.3) is 0 Å². The van der Waals surface area contributed by atoms with Crippen molar-refractivity contribution >= 4 is 17.8 Å². The van der Waals surface area contributed by atoms with Crippen molar-refractivity contribution in [2.45, 2.75) is 195 Å². The number of cyclic esters (lactones) is 1. The van der Waals surface area contributed by atoms with Crippen LogP contribution in [-0.4, -0.2) is 209 Å². The van der Waals surface area contributed by atoms with Crippen molar-refractivity contribution in [3.63, 3.8) is 0 Å². The average molecular weight is 1080 g/mol. The normalized spacial score (nSPS) is 42.1. The Labute approximate surface area is 446 Å². The van der Waals surface area contributed by atoms with Gasteiger partial charge in [0, 0.05) is 50.6 Å². The molecule has 3 fully saturated rings. The van der Waals surface area contributed by atoms with E-state index in [4.69, 9.17) is 18.9 Å². The number of piperidine rings is 1. The number of fused-ring (bicyclic) bond motifs is 2. The molecule has 2 amide bonds. The lowest BCUT2D eigenvalue weighted by atomic mass is 9.81. The highest BCUT2D eigenvalue weighted by atomic mass is 16.7. The highest BCUT2D eigenvalue weighted by molar-refractivity contribution is 5.80. The Morgan fingerprint density at radius 2 is 1.25 bits per heavy atom. The smallest absolute Gasteiger partial charge is 0.308 e. The molecule has 76 heavy (non-hydrogen) atoms. The van der Waals surface area contributed by atoms with Crippen molar-refractivity contribution in [2.24, 2.45) is 17.8 Å². The van der Waals surface area contributed by atoms with E-state index >= 15 is 0 Å². The van der Waals surface area contributed by atoms with Gasteiger partial charge in [0.1, 0.15) is 18.3 Å². The Bertz CT molecular complexity index is 1990. The maximum atomic E-state index is 14.3. The fourth-order valence-electron chi connectivity index (χ4n) is 9.80. The Morgan fingerprint density at radius 3 is 1.86 bits per heavy atom. The van der Waals surface area contributed by atoms with E-state index in [2.05, 4.69) is 10.6 Å². The first-order valence-corrected chi connectivity index (χ1v) is 26.6. The van der Waals surface area contributed by atoms with E-state index in [-0.39, 0.29) is 64.1 Å². The third-order valence-corrected chi connectivity index (χ3v) is 14.4. The lowest BCUT2D eigenvalue weighted by Gasteiger charge is -2.47. The van der Waals surface area contributed by atoms with Gasteiger partial charge in [0.15, 0.2) is 12.1 Å². The number of nitrogens with one attached hydrogen (secondary N) is 2. The number of aliphatic hydroxyl groups is 11. The number of ether oxygens (including phenoxy) is 4. The summed E-state index contributed by atoms with van der Waals surface area (Å²) >= 11 is 0. The van der Waals surface area contributed by atoms with Crippen molar-refractivity contribution in [3.05, 3.63) is 85.1 Å². The van der Waals surface area contributed by atoms with Crippen LogP contribution in [0.25, 0.3) is 0 Å². The minimum atomic E-state index is -2.32. The van der Waals surface area contributed by atoms with Crippen molar-refractivity contribution in [2.75, 3.05) is 26.7 Å². The molecule has 2 bridgehead atoms. The number of amides is 2. The molecule has 0 aliphatic carbocycles. The van der Waals surface area contributed by atoms with Gasteiger partial charge in [-0.1, -0.05) is 98.9 Å². The second kappa shape index (κ2) is 32.2. The van der Waals surface area contributed by atoms with Crippen LogP contribution in [0.5, 0.6) is 0 Å². The van der Waals surface area contributed by atoms with E-state index in [1.165, 1.54) is 11.8 Å². The van der Waals surface area contributed by atoms with Gasteiger partial charge in [-0.2, -0.15) is 0 Å². The number of likely N-dealkylation sites (N-methyl/N-ethyl adjacent to an activating group) is 1. The molecule has 0 aromatic rings. The van der Waals surface area contributed by atoms with Crippen LogP contribution in [0.3, 0.4) is 0 Å². The zero-order valence-electron chi connectivity index (χ0n) is 44.5. The van der Waals surface area contributed by atoms with Crippen LogP contribution in [0, 0.1) is 17.8 Å². The van der Waals surface area contributed by atoms with E-state index in [9.17, 15) is 70.6 Å². The van der Waals surface area contributed by atoms with Gasteiger partial charge in [-0.3, -0.25) is 14.4 Å². The molecule has 0 spiro atoms. The SMILES string of the molecule is CNCC(=O)N[C@@H]1[C@H](O)[C@@H](O[C@H]2/C=C/C=C/C=C/C=C/C=C/C=C/C=C/[C@H](C)[C@@H](O)[C@@H](C)[C@H](C)OC(=O)C[C@H](O)C[C@H](O)CC[C@@H](O)[C@H](O)C[C@H](O)C[C@]3(O)C[C@H](O)[C@@H](C(=O)N4CCC(O)CC4)[C@H](C2)O3)O[C@@H](C)[C@H]1O. The maximum Gasteiger partial charge on any atom is 0.308 e. The molecule has 13 N–H and O–H groups in total. The molecule has 19 atom stereocenters. The van der Waals surface area contributed by atoms with Crippen LogP contribution < -0.4 is 10.6 Å². The second-order valence-corrected chi connectivity index (χ2v) is 20.8. The number of nitrogens with zero attached hydrogens (tertiary/aromatic N) is 1. The van der Waals surface area contributed by atoms with Gasteiger partial charge in [0.05, 0.1) is 92.1 Å². The van der Waals surface area contributed by atoms with E-state index in [0.717, 1.165) is 0 Å². The van der Waals surface area contributed by atoms with Crippen LogP contribution in [0.15, 0.2) is 85.1 Å². The minimum Gasteiger partial charge on any atom is -0.462 e. The first-order valence-electron chi connectivity index (χ1n) is 26.6. The fourth-order valence-corrected chi connectivity index (χ4v) is 9.80. The van der Waals surface area contributed by atoms with Crippen molar-refractivity contribution in [3.8, 4) is 0 Å². The monoisotopic (exact) mass is 1080 g/mol. The molecular formula is C55H87N3O18. The zero-order chi connectivity index (χ0) is 56.1. The summed E-state index contributed by atoms with van der Waals surface area (Å²) in [5.41, 5.74) is 0. The zero-order valence-corrected chi connectivity index (χ0v) is 44.5. The number of rotatable bonds is 6. The van der Waals surface area contributed by atoms with Crippen LogP contribution in [0.4, 0.5) is 0 Å². The predicted molar refractivity (Wildman–Crippen MR) is 279 cm³/mol. The minimum absolute atomic E-state index is 0.113. The lowest BCUT2D eigenvalue weighted by molar-refractivity contribution is -0.308. The predicted octanol–water partition coefficient (Wildman–Crippen LogP) is -0.0127. The fraction of sp³-hybridized carbons (Fsp3) is 0.691. The summed E-state index contributed by atoms with van der Waals surface area (Å²) in [5, 5.41) is 127. The summed E-state index contributed by atoms with van der Waals surface area (Å²) in [6.07, 6.45) is 3.45. The molecule has 4 rings (SSSR count).